The summed E-state index contributed by atoms with van der Waals surface area (Å²) in [6.45, 7) is 7.80. The number of aryl methyl sites for hydroxylation is 1. The predicted octanol–water partition coefficient (Wildman–Crippen LogP) is 3.77. The van der Waals surface area contributed by atoms with Crippen molar-refractivity contribution < 1.29 is 4.74 Å². The number of thiazole rings is 1. The summed E-state index contributed by atoms with van der Waals surface area (Å²) in [5, 5.41) is 7.48. The van der Waals surface area contributed by atoms with Crippen LogP contribution in [0.5, 0.6) is 0 Å². The number of ether oxygens (including phenoxy) is 1. The molecule has 3 N–H and O–H groups in total. The maximum absolute atomic E-state index is 5.97. The van der Waals surface area contributed by atoms with Crippen molar-refractivity contribution in [3.05, 3.63) is 10.4 Å². The Bertz CT molecular complexity index is 565. The molecule has 0 aliphatic rings. The molecular formula is C14H22N4OS2. The lowest BCUT2D eigenvalue weighted by atomic mass is 10.2. The first kappa shape index (κ1) is 16.2. The minimum absolute atomic E-state index is 0.304. The molecule has 0 radical (unpaired) electrons. The van der Waals surface area contributed by atoms with E-state index in [1.54, 1.807) is 11.3 Å². The average Bonchev–Trinajstić information content (AvgIpc) is 2.99. The van der Waals surface area contributed by atoms with E-state index in [4.69, 9.17) is 10.5 Å². The lowest BCUT2D eigenvalue weighted by Gasteiger charge is -2.08. The number of nitrogens with zero attached hydrogens (tertiary/aromatic N) is 2. The van der Waals surface area contributed by atoms with Gasteiger partial charge in [-0.25, -0.2) is 4.98 Å². The van der Waals surface area contributed by atoms with Crippen LogP contribution in [0.15, 0.2) is 5.38 Å². The SMILES string of the molecule is Cc1nc(-c2c(N)nsc2NCCCCOC(C)C)cs1. The van der Waals surface area contributed by atoms with Crippen molar-refractivity contribution in [1.29, 1.82) is 0 Å². The van der Waals surface area contributed by atoms with Gasteiger partial charge < -0.3 is 15.8 Å². The zero-order valence-corrected chi connectivity index (χ0v) is 14.3. The fourth-order valence-corrected chi connectivity index (χ4v) is 3.25. The van der Waals surface area contributed by atoms with Gasteiger partial charge in [0.05, 0.1) is 22.4 Å². The van der Waals surface area contributed by atoms with E-state index >= 15 is 0 Å². The number of nitrogens with two attached hydrogens (primary N) is 1. The van der Waals surface area contributed by atoms with Crippen molar-refractivity contribution in [3.8, 4) is 11.3 Å². The predicted molar refractivity (Wildman–Crippen MR) is 91.2 cm³/mol. The maximum Gasteiger partial charge on any atom is 0.148 e. The Balaban J connectivity index is 1.87. The summed E-state index contributed by atoms with van der Waals surface area (Å²) in [6.07, 6.45) is 2.41. The zero-order valence-electron chi connectivity index (χ0n) is 12.7. The van der Waals surface area contributed by atoms with Crippen molar-refractivity contribution in [2.75, 3.05) is 24.2 Å². The Morgan fingerprint density at radius 3 is 2.86 bits per heavy atom. The Labute approximate surface area is 133 Å². The Kier molecular flexibility index (Phi) is 5.96. The van der Waals surface area contributed by atoms with Gasteiger partial charge in [0.15, 0.2) is 0 Å². The van der Waals surface area contributed by atoms with E-state index in [0.717, 1.165) is 47.3 Å². The van der Waals surface area contributed by atoms with E-state index in [-0.39, 0.29) is 0 Å². The molecule has 0 aromatic carbocycles. The summed E-state index contributed by atoms with van der Waals surface area (Å²) in [5.74, 6) is 0.552. The summed E-state index contributed by atoms with van der Waals surface area (Å²) in [7, 11) is 0. The minimum atomic E-state index is 0.304. The summed E-state index contributed by atoms with van der Waals surface area (Å²) in [5.41, 5.74) is 7.82. The summed E-state index contributed by atoms with van der Waals surface area (Å²) >= 11 is 3.02. The minimum Gasteiger partial charge on any atom is -0.382 e. The van der Waals surface area contributed by atoms with E-state index in [0.29, 0.717) is 11.9 Å². The highest BCUT2D eigenvalue weighted by Gasteiger charge is 2.15. The second-order valence-electron chi connectivity index (χ2n) is 5.08. The number of anilines is 2. The van der Waals surface area contributed by atoms with Gasteiger partial charge in [-0.05, 0) is 45.1 Å². The number of hydrogen-bond acceptors (Lipinski definition) is 7. The normalized spacial score (nSPS) is 11.2. The molecule has 116 valence electrons. The third-order valence-electron chi connectivity index (χ3n) is 2.90. The molecule has 2 heterocycles. The van der Waals surface area contributed by atoms with Crippen molar-refractivity contribution >= 4 is 33.7 Å². The lowest BCUT2D eigenvalue weighted by Crippen LogP contribution is -2.07. The molecule has 0 atom stereocenters. The van der Waals surface area contributed by atoms with Gasteiger partial charge in [0.25, 0.3) is 0 Å². The van der Waals surface area contributed by atoms with Crippen molar-refractivity contribution in [3.63, 3.8) is 0 Å². The van der Waals surface area contributed by atoms with Crippen LogP contribution in [0.3, 0.4) is 0 Å². The van der Waals surface area contributed by atoms with E-state index in [1.165, 1.54) is 11.5 Å². The molecule has 0 saturated carbocycles. The quantitative estimate of drug-likeness (QED) is 0.722. The van der Waals surface area contributed by atoms with Gasteiger partial charge in [-0.2, -0.15) is 4.37 Å². The number of unbranched alkanes of at least 4 members (excludes halogenated alkanes) is 1. The average molecular weight is 326 g/mol. The fourth-order valence-electron chi connectivity index (χ4n) is 1.90. The van der Waals surface area contributed by atoms with E-state index in [2.05, 4.69) is 28.5 Å². The molecule has 0 aliphatic carbocycles. The second-order valence-corrected chi connectivity index (χ2v) is 6.91. The molecule has 7 heteroatoms. The largest absolute Gasteiger partial charge is 0.382 e. The number of hydrogen-bond donors (Lipinski definition) is 2. The smallest absolute Gasteiger partial charge is 0.148 e. The Hall–Kier alpha value is -1.18. The highest BCUT2D eigenvalue weighted by atomic mass is 32.1. The third-order valence-corrected chi connectivity index (χ3v) is 4.49. The molecular weight excluding hydrogens is 304 g/mol. The number of aromatic nitrogens is 2. The van der Waals surface area contributed by atoms with Gasteiger partial charge in [0, 0.05) is 18.5 Å². The molecule has 0 aliphatic heterocycles. The first-order valence-corrected chi connectivity index (χ1v) is 8.76. The van der Waals surface area contributed by atoms with Gasteiger partial charge in [-0.15, -0.1) is 11.3 Å². The van der Waals surface area contributed by atoms with Crippen LogP contribution in [0.2, 0.25) is 0 Å². The standard InChI is InChI=1S/C14H22N4OS2/c1-9(2)19-7-5-4-6-16-14-12(13(15)18-21-14)11-8-20-10(3)17-11/h8-9,16H,4-7H2,1-3H3,(H2,15,18). The van der Waals surface area contributed by atoms with Crippen LogP contribution in [-0.4, -0.2) is 28.6 Å². The molecule has 2 aromatic rings. The van der Waals surface area contributed by atoms with Crippen LogP contribution >= 0.6 is 22.9 Å². The molecule has 2 aromatic heterocycles. The molecule has 0 amide bonds. The van der Waals surface area contributed by atoms with Crippen LogP contribution < -0.4 is 11.1 Å². The summed E-state index contributed by atoms with van der Waals surface area (Å²) in [6, 6.07) is 0. The Morgan fingerprint density at radius 1 is 1.38 bits per heavy atom. The first-order valence-electron chi connectivity index (χ1n) is 7.11. The van der Waals surface area contributed by atoms with Crippen molar-refractivity contribution in [1.82, 2.24) is 9.36 Å². The van der Waals surface area contributed by atoms with Crippen LogP contribution in [0.1, 0.15) is 31.7 Å². The second kappa shape index (κ2) is 7.72. The van der Waals surface area contributed by atoms with Crippen molar-refractivity contribution in [2.45, 2.75) is 39.7 Å². The van der Waals surface area contributed by atoms with E-state index in [1.807, 2.05) is 12.3 Å². The maximum atomic E-state index is 5.97. The third kappa shape index (κ3) is 4.66. The lowest BCUT2D eigenvalue weighted by molar-refractivity contribution is 0.0765. The van der Waals surface area contributed by atoms with Crippen LogP contribution in [-0.2, 0) is 4.74 Å². The summed E-state index contributed by atoms with van der Waals surface area (Å²) < 4.78 is 9.77. The zero-order chi connectivity index (χ0) is 15.2. The van der Waals surface area contributed by atoms with Crippen molar-refractivity contribution in [2.24, 2.45) is 0 Å². The van der Waals surface area contributed by atoms with Crippen LogP contribution in [0.4, 0.5) is 10.8 Å². The monoisotopic (exact) mass is 326 g/mol. The molecule has 0 spiro atoms. The van der Waals surface area contributed by atoms with Crippen LogP contribution in [0.25, 0.3) is 11.3 Å². The molecule has 0 fully saturated rings. The molecule has 5 nitrogen and oxygen atoms in total. The summed E-state index contributed by atoms with van der Waals surface area (Å²) in [4.78, 5) is 4.50. The van der Waals surface area contributed by atoms with E-state index in [9.17, 15) is 0 Å². The number of rotatable bonds is 8. The van der Waals surface area contributed by atoms with Gasteiger partial charge in [0.2, 0.25) is 0 Å². The van der Waals surface area contributed by atoms with Gasteiger partial charge in [0.1, 0.15) is 10.8 Å². The molecule has 0 saturated heterocycles. The highest BCUT2D eigenvalue weighted by Crippen LogP contribution is 2.36. The van der Waals surface area contributed by atoms with Gasteiger partial charge in [-0.1, -0.05) is 0 Å². The topological polar surface area (TPSA) is 73.1 Å². The van der Waals surface area contributed by atoms with Gasteiger partial charge >= 0.3 is 0 Å². The molecule has 0 unspecified atom stereocenters. The molecule has 0 bridgehead atoms. The van der Waals surface area contributed by atoms with E-state index < -0.39 is 0 Å². The van der Waals surface area contributed by atoms with Crippen LogP contribution in [0, 0.1) is 6.92 Å². The molecule has 2 rings (SSSR count). The number of nitrogens with one attached hydrogen (secondary N) is 1. The highest BCUT2D eigenvalue weighted by molar-refractivity contribution is 7.11. The number of nitrogen functional groups attached to an aromatic ring is 1. The van der Waals surface area contributed by atoms with Gasteiger partial charge in [-0.3, -0.25) is 0 Å². The fraction of sp³-hybridized carbons (Fsp3) is 0.571. The molecule has 21 heavy (non-hydrogen) atoms. The Morgan fingerprint density at radius 2 is 2.19 bits per heavy atom. The first-order chi connectivity index (χ1) is 10.1.